The molecule has 8 heteroatoms. The topological polar surface area (TPSA) is 75.3 Å². The van der Waals surface area contributed by atoms with Crippen molar-refractivity contribution in [1.82, 2.24) is 5.32 Å². The van der Waals surface area contributed by atoms with Gasteiger partial charge in [0.15, 0.2) is 0 Å². The third-order valence-electron chi connectivity index (χ3n) is 4.51. The van der Waals surface area contributed by atoms with Gasteiger partial charge in [-0.25, -0.2) is 8.42 Å². The Morgan fingerprint density at radius 1 is 1.00 bits per heavy atom. The quantitative estimate of drug-likeness (QED) is 0.422. The minimum Gasteiger partial charge on any atom is -0.351 e. The second-order valence-electron chi connectivity index (χ2n) is 6.88. The molecule has 0 spiro atoms. The summed E-state index contributed by atoms with van der Waals surface area (Å²) >= 11 is 7.59. The van der Waals surface area contributed by atoms with Crippen LogP contribution in [0.1, 0.15) is 21.5 Å². The highest BCUT2D eigenvalue weighted by molar-refractivity contribution is 7.98. The number of rotatable bonds is 9. The monoisotopic (exact) mass is 474 g/mol. The number of amides is 1. The van der Waals surface area contributed by atoms with Crippen LogP contribution in [0.5, 0.6) is 0 Å². The van der Waals surface area contributed by atoms with E-state index < -0.39 is 10.0 Å². The second-order valence-corrected chi connectivity index (χ2v) is 10.1. The van der Waals surface area contributed by atoms with Crippen molar-refractivity contribution in [3.05, 3.63) is 94.5 Å². The van der Waals surface area contributed by atoms with Crippen molar-refractivity contribution < 1.29 is 13.2 Å². The number of halogens is 1. The van der Waals surface area contributed by atoms with Crippen molar-refractivity contribution in [3.63, 3.8) is 0 Å². The molecule has 0 heterocycles. The Morgan fingerprint density at radius 2 is 1.71 bits per heavy atom. The predicted octanol–water partition coefficient (Wildman–Crippen LogP) is 5.11. The van der Waals surface area contributed by atoms with Crippen LogP contribution in [0.2, 0.25) is 5.02 Å². The van der Waals surface area contributed by atoms with Gasteiger partial charge in [-0.1, -0.05) is 48.0 Å². The molecule has 0 atom stereocenters. The highest BCUT2D eigenvalue weighted by Gasteiger charge is 2.16. The Bertz CT molecular complexity index is 1140. The normalized spacial score (nSPS) is 11.2. The van der Waals surface area contributed by atoms with Gasteiger partial charge in [-0.3, -0.25) is 9.52 Å². The lowest BCUT2D eigenvalue weighted by Gasteiger charge is -2.12. The summed E-state index contributed by atoms with van der Waals surface area (Å²) in [7, 11) is -3.72. The molecule has 0 bridgehead atoms. The van der Waals surface area contributed by atoms with Gasteiger partial charge in [-0.2, -0.15) is 11.8 Å². The van der Waals surface area contributed by atoms with E-state index in [2.05, 4.69) is 10.0 Å². The number of benzene rings is 3. The molecule has 2 N–H and O–H groups in total. The highest BCUT2D eigenvalue weighted by Crippen LogP contribution is 2.21. The third-order valence-corrected chi connectivity index (χ3v) is 7.18. The van der Waals surface area contributed by atoms with E-state index in [0.29, 0.717) is 22.8 Å². The summed E-state index contributed by atoms with van der Waals surface area (Å²) in [6, 6.07) is 20.8. The molecule has 3 rings (SSSR count). The van der Waals surface area contributed by atoms with Crippen molar-refractivity contribution in [2.45, 2.75) is 17.6 Å². The van der Waals surface area contributed by atoms with Crippen LogP contribution in [0.3, 0.4) is 0 Å². The summed E-state index contributed by atoms with van der Waals surface area (Å²) in [5.41, 5.74) is 2.69. The SMILES string of the molecule is Cc1ccc(C(=O)NCCSCc2ccc(Cl)cc2)cc1NS(=O)(=O)c1ccccc1. The summed E-state index contributed by atoms with van der Waals surface area (Å²) in [5, 5.41) is 3.59. The Labute approximate surface area is 192 Å². The minimum atomic E-state index is -3.72. The van der Waals surface area contributed by atoms with Gasteiger partial charge in [0.1, 0.15) is 0 Å². The highest BCUT2D eigenvalue weighted by atomic mass is 35.5. The van der Waals surface area contributed by atoms with E-state index in [-0.39, 0.29) is 10.8 Å². The van der Waals surface area contributed by atoms with E-state index >= 15 is 0 Å². The molecule has 0 unspecified atom stereocenters. The van der Waals surface area contributed by atoms with Crippen LogP contribution in [-0.2, 0) is 15.8 Å². The van der Waals surface area contributed by atoms with Crippen LogP contribution >= 0.6 is 23.4 Å². The van der Waals surface area contributed by atoms with Crippen LogP contribution in [0, 0.1) is 6.92 Å². The number of hydrogen-bond acceptors (Lipinski definition) is 4. The Morgan fingerprint density at radius 3 is 2.42 bits per heavy atom. The Hall–Kier alpha value is -2.48. The van der Waals surface area contributed by atoms with E-state index in [9.17, 15) is 13.2 Å². The maximum Gasteiger partial charge on any atom is 0.261 e. The standard InChI is InChI=1S/C23H23ClN2O3S2/c1-17-7-10-19(15-22(17)26-31(28,29)21-5-3-2-4-6-21)23(27)25-13-14-30-16-18-8-11-20(24)12-9-18/h2-12,15,26H,13-14,16H2,1H3,(H,25,27). The molecule has 0 aliphatic carbocycles. The zero-order chi connectivity index (χ0) is 22.3. The molecule has 0 saturated carbocycles. The van der Waals surface area contributed by atoms with Gasteiger partial charge in [0, 0.05) is 28.6 Å². The van der Waals surface area contributed by atoms with E-state index in [4.69, 9.17) is 11.6 Å². The number of nitrogens with one attached hydrogen (secondary N) is 2. The largest absolute Gasteiger partial charge is 0.351 e. The molecular weight excluding hydrogens is 452 g/mol. The van der Waals surface area contributed by atoms with Gasteiger partial charge in [0.2, 0.25) is 0 Å². The number of hydrogen-bond donors (Lipinski definition) is 2. The molecular formula is C23H23ClN2O3S2. The van der Waals surface area contributed by atoms with Gasteiger partial charge in [-0.15, -0.1) is 0 Å². The first-order valence-corrected chi connectivity index (χ1v) is 12.7. The number of sulfonamides is 1. The van der Waals surface area contributed by atoms with Crippen LogP contribution in [0.25, 0.3) is 0 Å². The average molecular weight is 475 g/mol. The summed E-state index contributed by atoms with van der Waals surface area (Å²) in [4.78, 5) is 12.7. The van der Waals surface area contributed by atoms with Crippen LogP contribution in [0.4, 0.5) is 5.69 Å². The molecule has 5 nitrogen and oxygen atoms in total. The molecule has 0 radical (unpaired) electrons. The van der Waals surface area contributed by atoms with Crippen molar-refractivity contribution in [3.8, 4) is 0 Å². The van der Waals surface area contributed by atoms with Gasteiger partial charge in [0.05, 0.1) is 10.6 Å². The zero-order valence-corrected chi connectivity index (χ0v) is 19.4. The van der Waals surface area contributed by atoms with Crippen LogP contribution < -0.4 is 10.0 Å². The molecule has 3 aromatic carbocycles. The molecule has 162 valence electrons. The molecule has 0 aliphatic heterocycles. The summed E-state index contributed by atoms with van der Waals surface area (Å²) in [6.07, 6.45) is 0. The smallest absolute Gasteiger partial charge is 0.261 e. The van der Waals surface area contributed by atoms with Gasteiger partial charge in [0.25, 0.3) is 15.9 Å². The zero-order valence-electron chi connectivity index (χ0n) is 17.0. The lowest BCUT2D eigenvalue weighted by molar-refractivity contribution is 0.0956. The summed E-state index contributed by atoms with van der Waals surface area (Å²) in [6.45, 7) is 2.30. The number of anilines is 1. The second kappa shape index (κ2) is 10.7. The summed E-state index contributed by atoms with van der Waals surface area (Å²) < 4.78 is 27.8. The van der Waals surface area contributed by atoms with Gasteiger partial charge < -0.3 is 5.32 Å². The van der Waals surface area contributed by atoms with Crippen LogP contribution in [-0.4, -0.2) is 26.6 Å². The molecule has 0 saturated heterocycles. The van der Waals surface area contributed by atoms with Crippen molar-refractivity contribution >= 4 is 45.0 Å². The number of carbonyl (C=O) groups is 1. The first kappa shape index (κ1) is 23.2. The van der Waals surface area contributed by atoms with Crippen molar-refractivity contribution in [2.24, 2.45) is 0 Å². The fourth-order valence-corrected chi connectivity index (χ4v) is 4.87. The lowest BCUT2D eigenvalue weighted by Crippen LogP contribution is -2.26. The van der Waals surface area contributed by atoms with Gasteiger partial charge >= 0.3 is 0 Å². The molecule has 0 aromatic heterocycles. The van der Waals surface area contributed by atoms with Gasteiger partial charge in [-0.05, 0) is 54.4 Å². The maximum atomic E-state index is 12.6. The maximum absolute atomic E-state index is 12.6. The van der Waals surface area contributed by atoms with Crippen LogP contribution in [0.15, 0.2) is 77.7 Å². The van der Waals surface area contributed by atoms with Crippen molar-refractivity contribution in [2.75, 3.05) is 17.0 Å². The molecule has 1 amide bonds. The fraction of sp³-hybridized carbons (Fsp3) is 0.174. The molecule has 0 fully saturated rings. The lowest BCUT2D eigenvalue weighted by atomic mass is 10.1. The molecule has 3 aromatic rings. The minimum absolute atomic E-state index is 0.168. The van der Waals surface area contributed by atoms with E-state index in [0.717, 1.165) is 17.1 Å². The van der Waals surface area contributed by atoms with E-state index in [1.807, 2.05) is 24.3 Å². The Kier molecular flexibility index (Phi) is 8.01. The molecule has 0 aliphatic rings. The fourth-order valence-electron chi connectivity index (χ4n) is 2.79. The molecule has 31 heavy (non-hydrogen) atoms. The van der Waals surface area contributed by atoms with E-state index in [1.165, 1.54) is 17.7 Å². The first-order chi connectivity index (χ1) is 14.8. The average Bonchev–Trinajstić information content (AvgIpc) is 2.76. The number of carbonyl (C=O) groups excluding carboxylic acids is 1. The third kappa shape index (κ3) is 6.75. The summed E-state index contributed by atoms with van der Waals surface area (Å²) in [5.74, 6) is 1.35. The van der Waals surface area contributed by atoms with E-state index in [1.54, 1.807) is 55.1 Å². The number of aryl methyl sites for hydroxylation is 1. The Balaban J connectivity index is 1.55. The number of thioether (sulfide) groups is 1. The first-order valence-electron chi connectivity index (χ1n) is 9.64. The predicted molar refractivity (Wildman–Crippen MR) is 128 cm³/mol. The van der Waals surface area contributed by atoms with Crippen molar-refractivity contribution in [1.29, 1.82) is 0 Å².